The van der Waals surface area contributed by atoms with Crippen molar-refractivity contribution in [1.29, 1.82) is 0 Å². The van der Waals surface area contributed by atoms with Crippen LogP contribution in [0, 0.1) is 13.8 Å². The fourth-order valence-corrected chi connectivity index (χ4v) is 2.43. The van der Waals surface area contributed by atoms with Gasteiger partial charge in [0.1, 0.15) is 11.5 Å². The van der Waals surface area contributed by atoms with E-state index in [0.717, 1.165) is 11.1 Å². The minimum atomic E-state index is -0.601. The van der Waals surface area contributed by atoms with Crippen LogP contribution < -0.4 is 14.8 Å². The molecule has 2 rings (SSSR count). The van der Waals surface area contributed by atoms with Crippen LogP contribution in [0.5, 0.6) is 11.5 Å². The van der Waals surface area contributed by atoms with Crippen molar-refractivity contribution in [3.8, 4) is 11.5 Å². The largest absolute Gasteiger partial charge is 0.495 e. The molecule has 0 aromatic heterocycles. The first-order chi connectivity index (χ1) is 11.4. The molecule has 24 heavy (non-hydrogen) atoms. The number of ether oxygens (including phenoxy) is 2. The summed E-state index contributed by atoms with van der Waals surface area (Å²) in [5.74, 6) is 1.02. The molecule has 2 aromatic rings. The van der Waals surface area contributed by atoms with E-state index in [1.165, 1.54) is 0 Å². The number of carbonyl (C=O) groups excluding carboxylic acids is 1. The Balaban J connectivity index is 2.14. The van der Waals surface area contributed by atoms with Gasteiger partial charge >= 0.3 is 0 Å². The number of hydrogen-bond acceptors (Lipinski definition) is 3. The van der Waals surface area contributed by atoms with Gasteiger partial charge < -0.3 is 14.8 Å². The summed E-state index contributed by atoms with van der Waals surface area (Å²) in [7, 11) is 1.57. The van der Waals surface area contributed by atoms with Crippen LogP contribution in [0.3, 0.4) is 0 Å². The Kier molecular flexibility index (Phi) is 6.10. The summed E-state index contributed by atoms with van der Waals surface area (Å²) < 4.78 is 11.1. The van der Waals surface area contributed by atoms with Crippen LogP contribution in [0.15, 0.2) is 36.4 Å². The lowest BCUT2D eigenvalue weighted by Crippen LogP contribution is -2.32. The van der Waals surface area contributed by atoms with E-state index >= 15 is 0 Å². The standard InChI is InChI=1S/C19H22ClNO3/c1-5-17(24-14-7-8-15(20)13(3)11-14)19(22)21-16-10-12(2)6-9-18(16)23-4/h6-11,17H,5H2,1-4H3,(H,21,22)/t17-/m1/s1. The number of amides is 1. The van der Waals surface area contributed by atoms with Crippen molar-refractivity contribution in [2.24, 2.45) is 0 Å². The van der Waals surface area contributed by atoms with Gasteiger partial charge in [0.2, 0.25) is 0 Å². The van der Waals surface area contributed by atoms with Gasteiger partial charge in [0.05, 0.1) is 12.8 Å². The number of hydrogen-bond donors (Lipinski definition) is 1. The monoisotopic (exact) mass is 347 g/mol. The fourth-order valence-electron chi connectivity index (χ4n) is 2.31. The van der Waals surface area contributed by atoms with E-state index in [2.05, 4.69) is 5.32 Å². The third-order valence-electron chi connectivity index (χ3n) is 3.68. The maximum Gasteiger partial charge on any atom is 0.265 e. The van der Waals surface area contributed by atoms with E-state index in [-0.39, 0.29) is 5.91 Å². The zero-order valence-electron chi connectivity index (χ0n) is 14.4. The molecule has 1 N–H and O–H groups in total. The predicted molar refractivity (Wildman–Crippen MR) is 97.3 cm³/mol. The van der Waals surface area contributed by atoms with Crippen molar-refractivity contribution in [1.82, 2.24) is 0 Å². The summed E-state index contributed by atoms with van der Waals surface area (Å²) in [6.45, 7) is 5.76. The van der Waals surface area contributed by atoms with Crippen molar-refractivity contribution in [2.45, 2.75) is 33.3 Å². The molecule has 4 nitrogen and oxygen atoms in total. The Morgan fingerprint density at radius 1 is 1.21 bits per heavy atom. The molecule has 0 unspecified atom stereocenters. The van der Waals surface area contributed by atoms with Crippen molar-refractivity contribution in [3.05, 3.63) is 52.5 Å². The number of aryl methyl sites for hydroxylation is 2. The quantitative estimate of drug-likeness (QED) is 0.819. The van der Waals surface area contributed by atoms with Crippen molar-refractivity contribution >= 4 is 23.2 Å². The van der Waals surface area contributed by atoms with Gasteiger partial charge in [-0.25, -0.2) is 0 Å². The number of rotatable bonds is 6. The second kappa shape index (κ2) is 8.06. The Hall–Kier alpha value is -2.20. The Morgan fingerprint density at radius 3 is 2.58 bits per heavy atom. The van der Waals surface area contributed by atoms with Crippen LogP contribution in [0.25, 0.3) is 0 Å². The van der Waals surface area contributed by atoms with Gasteiger partial charge in [-0.3, -0.25) is 4.79 Å². The van der Waals surface area contributed by atoms with E-state index in [9.17, 15) is 4.79 Å². The number of benzene rings is 2. The van der Waals surface area contributed by atoms with Crippen LogP contribution in [-0.4, -0.2) is 19.1 Å². The molecule has 128 valence electrons. The number of methoxy groups -OCH3 is 1. The molecule has 0 aliphatic carbocycles. The van der Waals surface area contributed by atoms with Gasteiger partial charge in [-0.05, 0) is 61.7 Å². The summed E-state index contributed by atoms with van der Waals surface area (Å²) in [5, 5.41) is 3.56. The molecular weight excluding hydrogens is 326 g/mol. The van der Waals surface area contributed by atoms with Gasteiger partial charge in [0.25, 0.3) is 5.91 Å². The normalized spacial score (nSPS) is 11.7. The topological polar surface area (TPSA) is 47.6 Å². The van der Waals surface area contributed by atoms with Crippen molar-refractivity contribution in [2.75, 3.05) is 12.4 Å². The number of nitrogens with one attached hydrogen (secondary N) is 1. The maximum absolute atomic E-state index is 12.6. The molecule has 1 atom stereocenters. The SMILES string of the molecule is CC[C@@H](Oc1ccc(Cl)c(C)c1)C(=O)Nc1cc(C)ccc1OC. The minimum Gasteiger partial charge on any atom is -0.495 e. The fraction of sp³-hybridized carbons (Fsp3) is 0.316. The molecule has 0 saturated heterocycles. The summed E-state index contributed by atoms with van der Waals surface area (Å²) in [6.07, 6.45) is -0.0578. The third kappa shape index (κ3) is 4.42. The van der Waals surface area contributed by atoms with Gasteiger partial charge in [0, 0.05) is 5.02 Å². The average molecular weight is 348 g/mol. The van der Waals surface area contributed by atoms with E-state index in [4.69, 9.17) is 21.1 Å². The van der Waals surface area contributed by atoms with E-state index in [1.54, 1.807) is 19.2 Å². The zero-order chi connectivity index (χ0) is 17.7. The van der Waals surface area contributed by atoms with E-state index in [0.29, 0.717) is 28.6 Å². The van der Waals surface area contributed by atoms with Crippen LogP contribution in [0.1, 0.15) is 24.5 Å². The molecule has 0 radical (unpaired) electrons. The highest BCUT2D eigenvalue weighted by atomic mass is 35.5. The molecule has 0 aliphatic rings. The molecule has 5 heteroatoms. The van der Waals surface area contributed by atoms with Crippen LogP contribution in [0.4, 0.5) is 5.69 Å². The van der Waals surface area contributed by atoms with Crippen LogP contribution >= 0.6 is 11.6 Å². The molecule has 0 bridgehead atoms. The van der Waals surface area contributed by atoms with Crippen LogP contribution in [-0.2, 0) is 4.79 Å². The lowest BCUT2D eigenvalue weighted by molar-refractivity contribution is -0.122. The molecule has 0 spiro atoms. The third-order valence-corrected chi connectivity index (χ3v) is 4.11. The summed E-state index contributed by atoms with van der Waals surface area (Å²) in [5.41, 5.74) is 2.58. The summed E-state index contributed by atoms with van der Waals surface area (Å²) >= 11 is 6.02. The lowest BCUT2D eigenvalue weighted by Gasteiger charge is -2.19. The molecule has 2 aromatic carbocycles. The van der Waals surface area contributed by atoms with E-state index in [1.807, 2.05) is 45.0 Å². The highest BCUT2D eigenvalue weighted by Crippen LogP contribution is 2.26. The van der Waals surface area contributed by atoms with Gasteiger partial charge in [-0.1, -0.05) is 24.6 Å². The molecule has 0 saturated carbocycles. The Bertz CT molecular complexity index is 731. The molecule has 1 amide bonds. The molecule has 0 heterocycles. The number of anilines is 1. The maximum atomic E-state index is 12.6. The zero-order valence-corrected chi connectivity index (χ0v) is 15.1. The lowest BCUT2D eigenvalue weighted by atomic mass is 10.2. The first-order valence-corrected chi connectivity index (χ1v) is 8.20. The van der Waals surface area contributed by atoms with Gasteiger partial charge in [0.15, 0.2) is 6.10 Å². The minimum absolute atomic E-state index is 0.214. The molecule has 0 fully saturated rings. The molecule has 0 aliphatic heterocycles. The first-order valence-electron chi connectivity index (χ1n) is 7.83. The van der Waals surface area contributed by atoms with Gasteiger partial charge in [-0.15, -0.1) is 0 Å². The summed E-state index contributed by atoms with van der Waals surface area (Å²) in [4.78, 5) is 12.6. The van der Waals surface area contributed by atoms with Gasteiger partial charge in [-0.2, -0.15) is 0 Å². The van der Waals surface area contributed by atoms with Crippen molar-refractivity contribution in [3.63, 3.8) is 0 Å². The first kappa shape index (κ1) is 18.1. The van der Waals surface area contributed by atoms with Crippen LogP contribution in [0.2, 0.25) is 5.02 Å². The predicted octanol–water partition coefficient (Wildman–Crippen LogP) is 4.76. The Morgan fingerprint density at radius 2 is 1.96 bits per heavy atom. The van der Waals surface area contributed by atoms with E-state index < -0.39 is 6.10 Å². The second-order valence-corrected chi connectivity index (χ2v) is 6.03. The number of halogens is 1. The second-order valence-electron chi connectivity index (χ2n) is 5.62. The Labute approximate surface area is 147 Å². The van der Waals surface area contributed by atoms with Crippen molar-refractivity contribution < 1.29 is 14.3 Å². The number of carbonyl (C=O) groups is 1. The smallest absolute Gasteiger partial charge is 0.265 e. The molecular formula is C19H22ClNO3. The highest BCUT2D eigenvalue weighted by Gasteiger charge is 2.20. The summed E-state index contributed by atoms with van der Waals surface area (Å²) in [6, 6.07) is 11.0. The highest BCUT2D eigenvalue weighted by molar-refractivity contribution is 6.31. The average Bonchev–Trinajstić information content (AvgIpc) is 2.56.